The number of anilines is 3. The molecular formula is C72H90N12O12S3. The molecule has 6 aromatic carbocycles. The molecule has 0 aliphatic heterocycles. The fraction of sp³-hybridized carbons (Fsp3) is 0.333. The van der Waals surface area contributed by atoms with Crippen LogP contribution in [-0.2, 0) is 48.4 Å². The van der Waals surface area contributed by atoms with Crippen molar-refractivity contribution < 1.29 is 28.8 Å². The standard InChI is InChI=1S/C25H30N4O4S.C23H26N4O4S.C21H22N4O4S.3CH4/c26-22(30)12-8-3-1-2-4-9-13-23(31)27-20-14-16-21(17-15-20)29-24(32)28(25(33)34-29)18-19-10-6-5-7-11-19;24-20(28)10-6-1-2-7-11-21(29)25-18-12-14-19(15-13-18)27-22(30)26(23(31)32-27)16-17-8-4-3-5-9-17;22-18(26)8-4-5-9-19(27)23-16-10-12-17(13-11-16)25-20(28)24(21(29)30-25)14-15-6-2-1-3-7-15;;;/h5-7,10-11,14-17H,1-4,8-9,12-13,18H2,(H2,26,30)(H,27,31);3-5,8-9,12-15H,1-2,6-7,10-11,16H2,(H2,24,28)(H,25,29);1-3,6-7,10-13H,4-5,8-9,14H2,(H2,22,26)(H,23,27);3*1H4. The van der Waals surface area contributed by atoms with E-state index in [-0.39, 0.29) is 104 Å². The highest BCUT2D eigenvalue weighted by Gasteiger charge is 2.17. The van der Waals surface area contributed by atoms with Gasteiger partial charge in [-0.25, -0.2) is 40.0 Å². The molecule has 9 aromatic rings. The highest BCUT2D eigenvalue weighted by Crippen LogP contribution is 2.19. The largest absolute Gasteiger partial charge is 0.370 e. The van der Waals surface area contributed by atoms with E-state index in [1.54, 1.807) is 72.8 Å². The van der Waals surface area contributed by atoms with Crippen molar-refractivity contribution in [3.8, 4) is 17.1 Å². The smallest absolute Gasteiger partial charge is 0.346 e. The average molecular weight is 1410 g/mol. The van der Waals surface area contributed by atoms with Gasteiger partial charge in [0.1, 0.15) is 0 Å². The zero-order chi connectivity index (χ0) is 68.8. The maximum absolute atomic E-state index is 12.8. The molecule has 0 radical (unpaired) electrons. The van der Waals surface area contributed by atoms with Crippen LogP contribution < -0.4 is 64.8 Å². The number of rotatable bonds is 33. The molecule has 528 valence electrons. The molecule has 0 spiro atoms. The normalized spacial score (nSPS) is 10.4. The topological polar surface area (TPSA) is 349 Å². The number of hydrogen-bond donors (Lipinski definition) is 6. The molecule has 0 atom stereocenters. The Bertz CT molecular complexity index is 4380. The minimum absolute atomic E-state index is 0. The van der Waals surface area contributed by atoms with Gasteiger partial charge >= 0.3 is 31.7 Å². The average Bonchev–Trinajstić information content (AvgIpc) is 1.68. The lowest BCUT2D eigenvalue weighted by Crippen LogP contribution is -2.28. The number of carbonyl (C=O) groups excluding carboxylic acids is 6. The Kier molecular flexibility index (Phi) is 34.7. The van der Waals surface area contributed by atoms with Gasteiger partial charge in [-0.2, -0.15) is 0 Å². The van der Waals surface area contributed by atoms with Gasteiger partial charge in [-0.05, 0) is 128 Å². The monoisotopic (exact) mass is 1410 g/mol. The second-order valence-electron chi connectivity index (χ2n) is 22.4. The first-order chi connectivity index (χ1) is 46.3. The third kappa shape index (κ3) is 26.9. The number of nitrogens with zero attached hydrogens (tertiary/aromatic N) is 6. The van der Waals surface area contributed by atoms with Gasteiger partial charge in [-0.3, -0.25) is 43.2 Å². The predicted molar refractivity (Wildman–Crippen MR) is 396 cm³/mol. The molecule has 27 heteroatoms. The number of nitrogens with one attached hydrogen (secondary N) is 3. The van der Waals surface area contributed by atoms with Crippen molar-refractivity contribution >= 4 is 87.1 Å². The second kappa shape index (κ2) is 42.3. The van der Waals surface area contributed by atoms with E-state index in [2.05, 4.69) is 16.0 Å². The number of hydrogen-bond acceptors (Lipinski definition) is 15. The first kappa shape index (κ1) is 81.1. The minimum Gasteiger partial charge on any atom is -0.370 e. The Morgan fingerprint density at radius 2 is 0.505 bits per heavy atom. The van der Waals surface area contributed by atoms with Gasteiger partial charge in [0.2, 0.25) is 35.4 Å². The van der Waals surface area contributed by atoms with E-state index in [9.17, 15) is 57.5 Å². The molecule has 0 fully saturated rings. The Labute approximate surface area is 586 Å². The van der Waals surface area contributed by atoms with E-state index < -0.39 is 11.4 Å². The molecule has 0 saturated heterocycles. The molecular weight excluding hydrogens is 1320 g/mol. The number of amides is 6. The summed E-state index contributed by atoms with van der Waals surface area (Å²) in [6, 6.07) is 48.4. The van der Waals surface area contributed by atoms with Crippen LogP contribution in [0.1, 0.15) is 155 Å². The highest BCUT2D eigenvalue weighted by molar-refractivity contribution is 7.04. The van der Waals surface area contributed by atoms with Gasteiger partial charge in [0.15, 0.2) is 0 Å². The number of unbranched alkanes of at least 4 members (excludes halogenated alkanes) is 9. The summed E-state index contributed by atoms with van der Waals surface area (Å²) >= 11 is 2.54. The summed E-state index contributed by atoms with van der Waals surface area (Å²) in [4.78, 5) is 143. The van der Waals surface area contributed by atoms with Crippen molar-refractivity contribution in [3.05, 3.63) is 241 Å². The van der Waals surface area contributed by atoms with Gasteiger partial charge in [0.25, 0.3) is 0 Å². The van der Waals surface area contributed by atoms with Gasteiger partial charge in [0.05, 0.1) is 36.7 Å². The first-order valence-electron chi connectivity index (χ1n) is 31.5. The van der Waals surface area contributed by atoms with Crippen molar-refractivity contribution in [1.82, 2.24) is 25.6 Å². The molecule has 6 amide bonds. The Balaban J connectivity index is 0.000000311. The third-order valence-corrected chi connectivity index (χ3v) is 17.6. The van der Waals surface area contributed by atoms with Crippen LogP contribution in [0.3, 0.4) is 0 Å². The van der Waals surface area contributed by atoms with Gasteiger partial charge in [-0.1, -0.05) is 152 Å². The molecule has 0 bridgehead atoms. The van der Waals surface area contributed by atoms with E-state index in [1.807, 2.05) is 91.0 Å². The summed E-state index contributed by atoms with van der Waals surface area (Å²) < 4.78 is 7.66. The fourth-order valence-corrected chi connectivity index (χ4v) is 12.2. The molecule has 0 saturated carbocycles. The summed E-state index contributed by atoms with van der Waals surface area (Å²) in [5.41, 5.74) is 20.3. The summed E-state index contributed by atoms with van der Waals surface area (Å²) in [5, 5.41) is 8.46. The summed E-state index contributed by atoms with van der Waals surface area (Å²) in [6.07, 6.45) is 12.2. The molecule has 3 aromatic heterocycles. The summed E-state index contributed by atoms with van der Waals surface area (Å²) in [6.45, 7) is 0.661. The van der Waals surface area contributed by atoms with E-state index in [0.717, 1.165) is 115 Å². The highest BCUT2D eigenvalue weighted by atomic mass is 32.1. The van der Waals surface area contributed by atoms with Crippen molar-refractivity contribution in [2.24, 2.45) is 17.2 Å². The SMILES string of the molecule is C.C.C.NC(=O)CCCCC(=O)Nc1ccc(-n2sc(=O)n(Cc3ccccc3)c2=O)cc1.NC(=O)CCCCCCC(=O)Nc1ccc(-n2sc(=O)n(Cc3ccccc3)c2=O)cc1.NC(=O)CCCCCCCCC(=O)Nc1ccc(-n2sc(=O)n(Cc3ccccc3)c2=O)cc1. The summed E-state index contributed by atoms with van der Waals surface area (Å²) in [5.74, 6) is -1.24. The molecule has 0 aliphatic carbocycles. The van der Waals surface area contributed by atoms with Crippen molar-refractivity contribution in [2.45, 2.75) is 157 Å². The van der Waals surface area contributed by atoms with Crippen LogP contribution in [0, 0.1) is 0 Å². The summed E-state index contributed by atoms with van der Waals surface area (Å²) in [7, 11) is 0. The Morgan fingerprint density at radius 1 is 0.293 bits per heavy atom. The Morgan fingerprint density at radius 3 is 0.747 bits per heavy atom. The van der Waals surface area contributed by atoms with Crippen molar-refractivity contribution in [3.63, 3.8) is 0 Å². The third-order valence-electron chi connectivity index (χ3n) is 14.8. The molecule has 9 rings (SSSR count). The van der Waals surface area contributed by atoms with Crippen LogP contribution in [-0.4, -0.2) is 61.0 Å². The van der Waals surface area contributed by atoms with E-state index >= 15 is 0 Å². The number of nitrogens with two attached hydrogens (primary N) is 3. The molecule has 0 unspecified atom stereocenters. The lowest BCUT2D eigenvalue weighted by atomic mass is 10.1. The van der Waals surface area contributed by atoms with E-state index in [4.69, 9.17) is 17.2 Å². The molecule has 3 heterocycles. The van der Waals surface area contributed by atoms with Crippen LogP contribution in [0.2, 0.25) is 0 Å². The van der Waals surface area contributed by atoms with Crippen molar-refractivity contribution in [2.75, 3.05) is 16.0 Å². The molecule has 9 N–H and O–H groups in total. The lowest BCUT2D eigenvalue weighted by Gasteiger charge is -2.07. The number of benzene rings is 6. The van der Waals surface area contributed by atoms with Gasteiger partial charge < -0.3 is 33.2 Å². The van der Waals surface area contributed by atoms with Crippen LogP contribution in [0.4, 0.5) is 17.1 Å². The van der Waals surface area contributed by atoms with E-state index in [1.165, 1.54) is 25.6 Å². The Hall–Kier alpha value is -10.4. The van der Waals surface area contributed by atoms with Crippen molar-refractivity contribution in [1.29, 1.82) is 0 Å². The first-order valence-corrected chi connectivity index (χ1v) is 33.8. The predicted octanol–water partition coefficient (Wildman–Crippen LogP) is 10.5. The lowest BCUT2D eigenvalue weighted by molar-refractivity contribution is -0.119. The maximum atomic E-state index is 12.8. The maximum Gasteiger partial charge on any atom is 0.346 e. The van der Waals surface area contributed by atoms with E-state index in [0.29, 0.717) is 79.1 Å². The quantitative estimate of drug-likeness (QED) is 0.0209. The van der Waals surface area contributed by atoms with Gasteiger partial charge in [-0.15, -0.1) is 0 Å². The zero-order valence-corrected chi connectivity index (χ0v) is 55.4. The van der Waals surface area contributed by atoms with Crippen LogP contribution in [0.15, 0.2) is 193 Å². The molecule has 0 aliphatic rings. The fourth-order valence-electron chi connectivity index (χ4n) is 9.77. The van der Waals surface area contributed by atoms with Gasteiger partial charge in [0, 0.05) is 90.2 Å². The number of carbonyl (C=O) groups is 6. The molecule has 24 nitrogen and oxygen atoms in total. The zero-order valence-electron chi connectivity index (χ0n) is 53.0. The van der Waals surface area contributed by atoms with Crippen LogP contribution >= 0.6 is 34.6 Å². The minimum atomic E-state index is -0.403. The number of aromatic nitrogens is 6. The van der Waals surface area contributed by atoms with Crippen LogP contribution in [0.5, 0.6) is 0 Å². The van der Waals surface area contributed by atoms with Crippen LogP contribution in [0.25, 0.3) is 17.1 Å². The number of primary amides is 3. The molecule has 99 heavy (non-hydrogen) atoms. The second-order valence-corrected chi connectivity index (χ2v) is 25.1.